The summed E-state index contributed by atoms with van der Waals surface area (Å²) in [5.41, 5.74) is 2.19. The molecule has 0 saturated heterocycles. The van der Waals surface area contributed by atoms with Crippen molar-refractivity contribution in [3.05, 3.63) is 121 Å². The lowest BCUT2D eigenvalue weighted by Crippen LogP contribution is -2.39. The molecule has 4 aromatic rings. The molecule has 3 heterocycles. The minimum atomic E-state index is -0.691. The number of ether oxygens (including phenoxy) is 1. The van der Waals surface area contributed by atoms with E-state index in [2.05, 4.69) is 16.6 Å². The highest BCUT2D eigenvalue weighted by Crippen LogP contribution is 2.31. The maximum absolute atomic E-state index is 13.7. The summed E-state index contributed by atoms with van der Waals surface area (Å²) >= 11 is 7.39. The number of aromatic nitrogens is 2. The van der Waals surface area contributed by atoms with Crippen molar-refractivity contribution in [1.29, 1.82) is 0 Å². The number of nitrogens with zero attached hydrogens (tertiary/aromatic N) is 3. The SMILES string of the molecule is C=CCOC(=O)C1=C(C)N=c2s/c(=C/c3ccc4ccncc4c3)c(=O)n2[C@H]1c1ccc(Cl)cc1. The normalized spacial score (nSPS) is 15.6. The van der Waals surface area contributed by atoms with E-state index in [1.165, 1.54) is 17.4 Å². The molecular formula is C27H20ClN3O3S. The zero-order chi connectivity index (χ0) is 24.5. The molecule has 1 aliphatic rings. The van der Waals surface area contributed by atoms with Gasteiger partial charge in [0.2, 0.25) is 0 Å². The summed E-state index contributed by atoms with van der Waals surface area (Å²) in [6.45, 7) is 5.41. The van der Waals surface area contributed by atoms with Gasteiger partial charge in [-0.15, -0.1) is 0 Å². The molecule has 2 aromatic heterocycles. The van der Waals surface area contributed by atoms with Gasteiger partial charge in [0, 0.05) is 22.8 Å². The van der Waals surface area contributed by atoms with E-state index in [-0.39, 0.29) is 12.2 Å². The van der Waals surface area contributed by atoms with Crippen molar-refractivity contribution in [3.63, 3.8) is 0 Å². The number of thiazole rings is 1. The van der Waals surface area contributed by atoms with E-state index in [4.69, 9.17) is 16.3 Å². The van der Waals surface area contributed by atoms with Gasteiger partial charge in [-0.3, -0.25) is 14.3 Å². The lowest BCUT2D eigenvalue weighted by Gasteiger charge is -2.24. The predicted molar refractivity (Wildman–Crippen MR) is 138 cm³/mol. The molecule has 0 bridgehead atoms. The number of halogens is 1. The number of rotatable bonds is 5. The van der Waals surface area contributed by atoms with Crippen molar-refractivity contribution in [2.75, 3.05) is 6.61 Å². The largest absolute Gasteiger partial charge is 0.458 e. The van der Waals surface area contributed by atoms with Crippen molar-refractivity contribution in [1.82, 2.24) is 9.55 Å². The molecule has 6 nitrogen and oxygen atoms in total. The van der Waals surface area contributed by atoms with Crippen LogP contribution in [0.15, 0.2) is 94.6 Å². The molecule has 1 atom stereocenters. The van der Waals surface area contributed by atoms with Crippen molar-refractivity contribution >= 4 is 45.8 Å². The van der Waals surface area contributed by atoms with Crippen LogP contribution in [0.5, 0.6) is 0 Å². The summed E-state index contributed by atoms with van der Waals surface area (Å²) in [5, 5.41) is 2.61. The summed E-state index contributed by atoms with van der Waals surface area (Å²) < 4.78 is 7.42. The zero-order valence-electron chi connectivity index (χ0n) is 18.8. The van der Waals surface area contributed by atoms with E-state index < -0.39 is 12.0 Å². The smallest absolute Gasteiger partial charge is 0.338 e. The molecule has 0 radical (unpaired) electrons. The number of hydrogen-bond acceptors (Lipinski definition) is 6. The molecule has 0 amide bonds. The lowest BCUT2D eigenvalue weighted by molar-refractivity contribution is -0.138. The van der Waals surface area contributed by atoms with Crippen LogP contribution < -0.4 is 14.9 Å². The van der Waals surface area contributed by atoms with Crippen molar-refractivity contribution in [2.45, 2.75) is 13.0 Å². The number of carbonyl (C=O) groups is 1. The van der Waals surface area contributed by atoms with E-state index in [1.54, 1.807) is 48.1 Å². The first kappa shape index (κ1) is 23.0. The predicted octanol–water partition coefficient (Wildman–Crippen LogP) is 4.17. The number of carbonyl (C=O) groups excluding carboxylic acids is 1. The molecule has 0 saturated carbocycles. The van der Waals surface area contributed by atoms with Gasteiger partial charge < -0.3 is 4.74 Å². The highest BCUT2D eigenvalue weighted by Gasteiger charge is 2.33. The molecule has 0 unspecified atom stereocenters. The maximum Gasteiger partial charge on any atom is 0.338 e. The number of allylic oxidation sites excluding steroid dienone is 1. The Labute approximate surface area is 209 Å². The highest BCUT2D eigenvalue weighted by atomic mass is 35.5. The molecule has 1 aliphatic heterocycles. The van der Waals surface area contributed by atoms with E-state index in [9.17, 15) is 9.59 Å². The fourth-order valence-electron chi connectivity index (χ4n) is 4.10. The fraction of sp³-hybridized carbons (Fsp3) is 0.111. The Hall–Kier alpha value is -3.81. The number of benzene rings is 2. The summed E-state index contributed by atoms with van der Waals surface area (Å²) in [6, 6.07) is 14.3. The average Bonchev–Trinajstić information content (AvgIpc) is 3.16. The van der Waals surface area contributed by atoms with Crippen LogP contribution in [-0.4, -0.2) is 22.1 Å². The summed E-state index contributed by atoms with van der Waals surface area (Å²) in [6.07, 6.45) is 6.87. The van der Waals surface area contributed by atoms with E-state index in [1.807, 2.05) is 30.3 Å². The Morgan fingerprint density at radius 2 is 2.00 bits per heavy atom. The molecule has 2 aromatic carbocycles. The van der Waals surface area contributed by atoms with Crippen LogP contribution in [0.1, 0.15) is 24.1 Å². The molecule has 174 valence electrons. The van der Waals surface area contributed by atoms with Crippen LogP contribution in [0.4, 0.5) is 0 Å². The Balaban J connectivity index is 1.69. The third kappa shape index (κ3) is 4.36. The van der Waals surface area contributed by atoms with Crippen LogP contribution in [0, 0.1) is 0 Å². The third-order valence-electron chi connectivity index (χ3n) is 5.72. The Bertz CT molecular complexity index is 1680. The second kappa shape index (κ2) is 9.44. The van der Waals surface area contributed by atoms with E-state index in [0.717, 1.165) is 21.9 Å². The zero-order valence-corrected chi connectivity index (χ0v) is 20.3. The summed E-state index contributed by atoms with van der Waals surface area (Å²) in [7, 11) is 0. The molecule has 8 heteroatoms. The van der Waals surface area contributed by atoms with Gasteiger partial charge in [0.25, 0.3) is 5.56 Å². The number of hydrogen-bond donors (Lipinski definition) is 0. The number of fused-ring (bicyclic) bond motifs is 2. The molecule has 0 fully saturated rings. The topological polar surface area (TPSA) is 73.6 Å². The van der Waals surface area contributed by atoms with Gasteiger partial charge >= 0.3 is 5.97 Å². The second-order valence-electron chi connectivity index (χ2n) is 8.00. The first-order chi connectivity index (χ1) is 17.0. The van der Waals surface area contributed by atoms with Crippen molar-refractivity contribution in [2.24, 2.45) is 4.99 Å². The van der Waals surface area contributed by atoms with Crippen LogP contribution >= 0.6 is 22.9 Å². The van der Waals surface area contributed by atoms with Gasteiger partial charge in [0.1, 0.15) is 6.61 Å². The van der Waals surface area contributed by atoms with Crippen LogP contribution in [0.3, 0.4) is 0 Å². The number of esters is 1. The second-order valence-corrected chi connectivity index (χ2v) is 9.45. The van der Waals surface area contributed by atoms with E-state index in [0.29, 0.717) is 25.6 Å². The van der Waals surface area contributed by atoms with Gasteiger partial charge in [-0.25, -0.2) is 9.79 Å². The minimum absolute atomic E-state index is 0.0597. The minimum Gasteiger partial charge on any atom is -0.458 e. The average molecular weight is 502 g/mol. The maximum atomic E-state index is 13.7. The van der Waals surface area contributed by atoms with Crippen molar-refractivity contribution in [3.8, 4) is 0 Å². The Kier molecular flexibility index (Phi) is 6.19. The molecule has 5 rings (SSSR count). The van der Waals surface area contributed by atoms with Crippen LogP contribution in [-0.2, 0) is 9.53 Å². The van der Waals surface area contributed by atoms with Gasteiger partial charge in [-0.1, -0.05) is 59.9 Å². The quantitative estimate of drug-likeness (QED) is 0.304. The third-order valence-corrected chi connectivity index (χ3v) is 6.96. The number of pyridine rings is 1. The standard InChI is InChI=1S/C27H20ClN3O3S/c1-3-12-34-26(33)23-16(2)30-27-31(24(23)19-6-8-21(28)9-7-19)25(32)22(35-27)14-17-4-5-18-10-11-29-15-20(18)13-17/h3-11,13-15,24H,1,12H2,2H3/b22-14+/t24-/m0/s1. The molecule has 0 spiro atoms. The lowest BCUT2D eigenvalue weighted by atomic mass is 9.96. The van der Waals surface area contributed by atoms with Crippen LogP contribution in [0.2, 0.25) is 5.02 Å². The summed E-state index contributed by atoms with van der Waals surface area (Å²) in [4.78, 5) is 36.0. The van der Waals surface area contributed by atoms with E-state index >= 15 is 0 Å². The van der Waals surface area contributed by atoms with Gasteiger partial charge in [-0.2, -0.15) is 0 Å². The first-order valence-corrected chi connectivity index (χ1v) is 12.1. The van der Waals surface area contributed by atoms with Gasteiger partial charge in [-0.05, 0) is 53.8 Å². The van der Waals surface area contributed by atoms with Gasteiger partial charge in [0.15, 0.2) is 4.80 Å². The highest BCUT2D eigenvalue weighted by molar-refractivity contribution is 7.07. The molecule has 0 aliphatic carbocycles. The first-order valence-electron chi connectivity index (χ1n) is 10.9. The van der Waals surface area contributed by atoms with Crippen LogP contribution in [0.25, 0.3) is 16.8 Å². The fourth-order valence-corrected chi connectivity index (χ4v) is 5.27. The monoisotopic (exact) mass is 501 g/mol. The Morgan fingerprint density at radius 3 is 2.77 bits per heavy atom. The Morgan fingerprint density at radius 1 is 1.20 bits per heavy atom. The van der Waals surface area contributed by atoms with Crippen molar-refractivity contribution < 1.29 is 9.53 Å². The van der Waals surface area contributed by atoms with Gasteiger partial charge in [0.05, 0.1) is 21.8 Å². The molecular weight excluding hydrogens is 482 g/mol. The summed E-state index contributed by atoms with van der Waals surface area (Å²) in [5.74, 6) is -0.539. The molecule has 35 heavy (non-hydrogen) atoms. The molecule has 0 N–H and O–H groups in total.